The Hall–Kier alpha value is -1.92. The summed E-state index contributed by atoms with van der Waals surface area (Å²) in [7, 11) is 1.65. The maximum Gasteiger partial charge on any atom is 0.224 e. The monoisotopic (exact) mass is 305 g/mol. The standard InChI is InChI=1S/C15H19N3O2S/c1-10(20-2)15-18-13(9-21-15)8-17-14(19)7-11-3-5-12(16)6-4-11/h3-6,9-10H,7-8,16H2,1-2H3,(H,17,19). The van der Waals surface area contributed by atoms with Crippen molar-refractivity contribution in [3.05, 3.63) is 45.9 Å². The first-order valence-corrected chi connectivity index (χ1v) is 7.54. The number of aromatic nitrogens is 1. The van der Waals surface area contributed by atoms with Crippen LogP contribution >= 0.6 is 11.3 Å². The third-order valence-corrected chi connectivity index (χ3v) is 4.14. The van der Waals surface area contributed by atoms with Crippen LogP contribution in [0.1, 0.15) is 29.3 Å². The maximum atomic E-state index is 11.9. The van der Waals surface area contributed by atoms with Crippen molar-refractivity contribution < 1.29 is 9.53 Å². The van der Waals surface area contributed by atoms with Crippen molar-refractivity contribution in [2.75, 3.05) is 12.8 Å². The molecule has 1 amide bonds. The van der Waals surface area contributed by atoms with Crippen LogP contribution in [-0.2, 0) is 22.5 Å². The molecule has 1 unspecified atom stereocenters. The van der Waals surface area contributed by atoms with Crippen molar-refractivity contribution in [3.63, 3.8) is 0 Å². The molecule has 3 N–H and O–H groups in total. The van der Waals surface area contributed by atoms with Crippen molar-refractivity contribution >= 4 is 22.9 Å². The van der Waals surface area contributed by atoms with Crippen LogP contribution in [0.25, 0.3) is 0 Å². The number of ether oxygens (including phenoxy) is 1. The topological polar surface area (TPSA) is 77.2 Å². The molecule has 1 aromatic carbocycles. The van der Waals surface area contributed by atoms with Gasteiger partial charge in [-0.15, -0.1) is 11.3 Å². The quantitative estimate of drug-likeness (QED) is 0.803. The number of methoxy groups -OCH3 is 1. The Bertz CT molecular complexity index is 595. The molecule has 0 aliphatic rings. The van der Waals surface area contributed by atoms with Crippen molar-refractivity contribution in [1.29, 1.82) is 0 Å². The molecule has 1 aromatic heterocycles. The van der Waals surface area contributed by atoms with Gasteiger partial charge in [0.05, 0.1) is 18.7 Å². The van der Waals surface area contributed by atoms with Crippen LogP contribution in [0.15, 0.2) is 29.6 Å². The van der Waals surface area contributed by atoms with Gasteiger partial charge in [-0.3, -0.25) is 4.79 Å². The van der Waals surface area contributed by atoms with Gasteiger partial charge in [0.15, 0.2) is 0 Å². The van der Waals surface area contributed by atoms with E-state index in [0.29, 0.717) is 18.7 Å². The van der Waals surface area contributed by atoms with Gasteiger partial charge in [-0.1, -0.05) is 12.1 Å². The van der Waals surface area contributed by atoms with E-state index in [2.05, 4.69) is 10.3 Å². The average molecular weight is 305 g/mol. The summed E-state index contributed by atoms with van der Waals surface area (Å²) in [5, 5.41) is 5.72. The molecule has 1 heterocycles. The molecule has 0 aliphatic heterocycles. The Labute approximate surface area is 128 Å². The van der Waals surface area contributed by atoms with Gasteiger partial charge >= 0.3 is 0 Å². The fourth-order valence-corrected chi connectivity index (χ4v) is 2.61. The summed E-state index contributed by atoms with van der Waals surface area (Å²) in [6.45, 7) is 2.38. The second-order valence-electron chi connectivity index (χ2n) is 4.75. The minimum absolute atomic E-state index is 0.0192. The largest absolute Gasteiger partial charge is 0.399 e. The molecule has 112 valence electrons. The Morgan fingerprint density at radius 1 is 1.43 bits per heavy atom. The molecular formula is C15H19N3O2S. The van der Waals surface area contributed by atoms with E-state index in [1.54, 1.807) is 19.2 Å². The lowest BCUT2D eigenvalue weighted by Gasteiger charge is -2.05. The summed E-state index contributed by atoms with van der Waals surface area (Å²) in [5.74, 6) is -0.0332. The highest BCUT2D eigenvalue weighted by Crippen LogP contribution is 2.20. The zero-order chi connectivity index (χ0) is 15.2. The summed E-state index contributed by atoms with van der Waals surface area (Å²) in [4.78, 5) is 16.3. The van der Waals surface area contributed by atoms with Gasteiger partial charge in [-0.05, 0) is 24.6 Å². The molecule has 0 fully saturated rings. The zero-order valence-electron chi connectivity index (χ0n) is 12.1. The minimum Gasteiger partial charge on any atom is -0.399 e. The number of nitrogens with one attached hydrogen (secondary N) is 1. The highest BCUT2D eigenvalue weighted by Gasteiger charge is 2.10. The second-order valence-corrected chi connectivity index (χ2v) is 5.64. The number of anilines is 1. The van der Waals surface area contributed by atoms with Crippen LogP contribution < -0.4 is 11.1 Å². The number of amides is 1. The lowest BCUT2D eigenvalue weighted by Crippen LogP contribution is -2.24. The molecule has 0 bridgehead atoms. The number of carbonyl (C=O) groups excluding carboxylic acids is 1. The fourth-order valence-electron chi connectivity index (χ4n) is 1.76. The molecule has 1 atom stereocenters. The molecule has 0 saturated carbocycles. The molecule has 21 heavy (non-hydrogen) atoms. The van der Waals surface area contributed by atoms with E-state index in [1.165, 1.54) is 11.3 Å². The van der Waals surface area contributed by atoms with E-state index in [9.17, 15) is 4.79 Å². The molecule has 0 saturated heterocycles. The number of thiazole rings is 1. The number of nitrogens with two attached hydrogens (primary N) is 1. The van der Waals surface area contributed by atoms with Crippen molar-refractivity contribution in [3.8, 4) is 0 Å². The predicted molar refractivity (Wildman–Crippen MR) is 83.9 cm³/mol. The summed E-state index contributed by atoms with van der Waals surface area (Å²) < 4.78 is 5.21. The molecule has 2 rings (SSSR count). The van der Waals surface area contributed by atoms with Gasteiger partial charge in [0.2, 0.25) is 5.91 Å². The van der Waals surface area contributed by atoms with Gasteiger partial charge < -0.3 is 15.8 Å². The van der Waals surface area contributed by atoms with Crippen LogP contribution in [0.4, 0.5) is 5.69 Å². The van der Waals surface area contributed by atoms with E-state index in [4.69, 9.17) is 10.5 Å². The Morgan fingerprint density at radius 2 is 2.14 bits per heavy atom. The first-order chi connectivity index (χ1) is 10.1. The summed E-state index contributed by atoms with van der Waals surface area (Å²) in [5.41, 5.74) is 8.10. The van der Waals surface area contributed by atoms with E-state index in [0.717, 1.165) is 16.3 Å². The van der Waals surface area contributed by atoms with Crippen LogP contribution in [0.2, 0.25) is 0 Å². The van der Waals surface area contributed by atoms with Gasteiger partial charge in [0.25, 0.3) is 0 Å². The number of rotatable bonds is 6. The van der Waals surface area contributed by atoms with Crippen molar-refractivity contribution in [2.45, 2.75) is 26.0 Å². The molecule has 0 spiro atoms. The number of hydrogen-bond acceptors (Lipinski definition) is 5. The molecule has 2 aromatic rings. The van der Waals surface area contributed by atoms with Crippen LogP contribution in [-0.4, -0.2) is 18.0 Å². The third-order valence-electron chi connectivity index (χ3n) is 3.08. The van der Waals surface area contributed by atoms with Crippen LogP contribution in [0.3, 0.4) is 0 Å². The maximum absolute atomic E-state index is 11.9. The number of nitrogen functional groups attached to an aromatic ring is 1. The zero-order valence-corrected chi connectivity index (χ0v) is 12.9. The van der Waals surface area contributed by atoms with Gasteiger partial charge in [0, 0.05) is 18.2 Å². The van der Waals surface area contributed by atoms with Crippen molar-refractivity contribution in [1.82, 2.24) is 10.3 Å². The predicted octanol–water partition coefficient (Wildman–Crippen LogP) is 2.29. The molecule has 6 heteroatoms. The Morgan fingerprint density at radius 3 is 2.81 bits per heavy atom. The van der Waals surface area contributed by atoms with E-state index < -0.39 is 0 Å². The Kier molecular flexibility index (Phi) is 5.30. The third kappa shape index (κ3) is 4.54. The minimum atomic E-state index is -0.0332. The SMILES string of the molecule is COC(C)c1nc(CNC(=O)Cc2ccc(N)cc2)cs1. The first-order valence-electron chi connectivity index (χ1n) is 6.66. The van der Waals surface area contributed by atoms with E-state index in [-0.39, 0.29) is 12.0 Å². The van der Waals surface area contributed by atoms with E-state index in [1.807, 2.05) is 24.4 Å². The van der Waals surface area contributed by atoms with E-state index >= 15 is 0 Å². The first kappa shape index (κ1) is 15.5. The van der Waals surface area contributed by atoms with Gasteiger partial charge in [-0.25, -0.2) is 4.98 Å². The average Bonchev–Trinajstić information content (AvgIpc) is 2.96. The lowest BCUT2D eigenvalue weighted by atomic mass is 10.1. The summed E-state index contributed by atoms with van der Waals surface area (Å²) >= 11 is 1.54. The highest BCUT2D eigenvalue weighted by atomic mass is 32.1. The highest BCUT2D eigenvalue weighted by molar-refractivity contribution is 7.09. The molecule has 5 nitrogen and oxygen atoms in total. The molecule has 0 radical (unpaired) electrons. The molecular weight excluding hydrogens is 286 g/mol. The summed E-state index contributed by atoms with van der Waals surface area (Å²) in [6.07, 6.45) is 0.320. The second kappa shape index (κ2) is 7.19. The Balaban J connectivity index is 1.83. The number of carbonyl (C=O) groups is 1. The number of nitrogens with zero attached hydrogens (tertiary/aromatic N) is 1. The van der Waals surface area contributed by atoms with Gasteiger partial charge in [-0.2, -0.15) is 0 Å². The fraction of sp³-hybridized carbons (Fsp3) is 0.333. The van der Waals surface area contributed by atoms with Crippen LogP contribution in [0.5, 0.6) is 0 Å². The van der Waals surface area contributed by atoms with Crippen molar-refractivity contribution in [2.24, 2.45) is 0 Å². The van der Waals surface area contributed by atoms with Crippen LogP contribution in [0, 0.1) is 0 Å². The summed E-state index contributed by atoms with van der Waals surface area (Å²) in [6, 6.07) is 7.30. The normalized spacial score (nSPS) is 12.1. The smallest absolute Gasteiger partial charge is 0.224 e. The van der Waals surface area contributed by atoms with Gasteiger partial charge in [0.1, 0.15) is 11.1 Å². The number of benzene rings is 1. The number of hydrogen-bond donors (Lipinski definition) is 2. The lowest BCUT2D eigenvalue weighted by molar-refractivity contribution is -0.120. The molecule has 0 aliphatic carbocycles.